The number of nitrogens with two attached hydrogens (primary N) is 1. The molecule has 2 rings (SSSR count). The zero-order valence-electron chi connectivity index (χ0n) is 9.71. The Kier molecular flexibility index (Phi) is 3.65. The first-order valence-electron chi connectivity index (χ1n) is 6.15. The molecule has 0 radical (unpaired) electrons. The molecule has 3 heteroatoms. The van der Waals surface area contributed by atoms with Crippen molar-refractivity contribution in [2.24, 2.45) is 17.1 Å². The van der Waals surface area contributed by atoms with Crippen LogP contribution < -0.4 is 5.73 Å². The van der Waals surface area contributed by atoms with E-state index in [1.807, 2.05) is 0 Å². The van der Waals surface area contributed by atoms with Gasteiger partial charge in [-0.2, -0.15) is 0 Å². The van der Waals surface area contributed by atoms with Crippen LogP contribution in [0.3, 0.4) is 0 Å². The molecule has 0 aromatic heterocycles. The van der Waals surface area contributed by atoms with Gasteiger partial charge in [0.05, 0.1) is 12.7 Å². The summed E-state index contributed by atoms with van der Waals surface area (Å²) >= 11 is 0. The molecule has 15 heavy (non-hydrogen) atoms. The quantitative estimate of drug-likeness (QED) is 0.757. The second kappa shape index (κ2) is 4.81. The topological polar surface area (TPSA) is 44.5 Å². The first-order chi connectivity index (χ1) is 7.26. The van der Waals surface area contributed by atoms with Crippen LogP contribution in [0, 0.1) is 11.3 Å². The van der Waals surface area contributed by atoms with Crippen LogP contribution in [0.1, 0.15) is 32.6 Å². The molecule has 0 aromatic rings. The average molecular weight is 213 g/mol. The highest BCUT2D eigenvalue weighted by molar-refractivity contribution is 4.87. The van der Waals surface area contributed by atoms with Crippen LogP contribution in [0.25, 0.3) is 0 Å². The van der Waals surface area contributed by atoms with Crippen molar-refractivity contribution >= 4 is 0 Å². The fourth-order valence-electron chi connectivity index (χ4n) is 2.69. The maximum Gasteiger partial charge on any atom is 0.0613 e. The summed E-state index contributed by atoms with van der Waals surface area (Å²) < 4.78 is 11.4. The van der Waals surface area contributed by atoms with E-state index in [9.17, 15) is 0 Å². The lowest BCUT2D eigenvalue weighted by Gasteiger charge is -2.43. The van der Waals surface area contributed by atoms with Crippen LogP contribution >= 0.6 is 0 Å². The van der Waals surface area contributed by atoms with Gasteiger partial charge >= 0.3 is 0 Å². The van der Waals surface area contributed by atoms with Crippen molar-refractivity contribution in [2.45, 2.75) is 38.7 Å². The van der Waals surface area contributed by atoms with Crippen LogP contribution in [0.15, 0.2) is 0 Å². The van der Waals surface area contributed by atoms with Gasteiger partial charge in [0.1, 0.15) is 0 Å². The zero-order chi connectivity index (χ0) is 10.7. The summed E-state index contributed by atoms with van der Waals surface area (Å²) in [7, 11) is 0. The summed E-state index contributed by atoms with van der Waals surface area (Å²) in [6.07, 6.45) is 5.22. The first-order valence-corrected chi connectivity index (χ1v) is 6.15. The SMILES string of the molecule is C[C@@H](CN)C1CCC2(CCOCC2)CO1. The molecule has 0 bridgehead atoms. The molecular weight excluding hydrogens is 190 g/mol. The smallest absolute Gasteiger partial charge is 0.0613 e. The van der Waals surface area contributed by atoms with Crippen molar-refractivity contribution in [1.82, 2.24) is 0 Å². The monoisotopic (exact) mass is 213 g/mol. The van der Waals surface area contributed by atoms with E-state index in [1.165, 1.54) is 25.7 Å². The Morgan fingerprint density at radius 2 is 2.07 bits per heavy atom. The Balaban J connectivity index is 1.85. The summed E-state index contributed by atoms with van der Waals surface area (Å²) in [5.41, 5.74) is 6.11. The molecule has 88 valence electrons. The van der Waals surface area contributed by atoms with Crippen molar-refractivity contribution in [1.29, 1.82) is 0 Å². The molecule has 2 heterocycles. The summed E-state index contributed by atoms with van der Waals surface area (Å²) in [5, 5.41) is 0. The van der Waals surface area contributed by atoms with Gasteiger partial charge in [0.15, 0.2) is 0 Å². The Bertz CT molecular complexity index is 192. The maximum atomic E-state index is 5.99. The largest absolute Gasteiger partial charge is 0.381 e. The van der Waals surface area contributed by atoms with E-state index in [1.54, 1.807) is 0 Å². The Labute approximate surface area is 92.3 Å². The summed E-state index contributed by atoms with van der Waals surface area (Å²) in [6, 6.07) is 0. The zero-order valence-corrected chi connectivity index (χ0v) is 9.71. The van der Waals surface area contributed by atoms with Crippen LogP contribution in [0.4, 0.5) is 0 Å². The fourth-order valence-corrected chi connectivity index (χ4v) is 2.69. The van der Waals surface area contributed by atoms with Gasteiger partial charge in [-0.3, -0.25) is 0 Å². The highest BCUT2D eigenvalue weighted by Gasteiger charge is 2.38. The third-order valence-electron chi connectivity index (χ3n) is 4.12. The van der Waals surface area contributed by atoms with Gasteiger partial charge < -0.3 is 15.2 Å². The lowest BCUT2D eigenvalue weighted by molar-refractivity contribution is -0.117. The number of hydrogen-bond acceptors (Lipinski definition) is 3. The second-order valence-electron chi connectivity index (χ2n) is 5.21. The highest BCUT2D eigenvalue weighted by atomic mass is 16.5. The van der Waals surface area contributed by atoms with Gasteiger partial charge in [0.25, 0.3) is 0 Å². The predicted octanol–water partition coefficient (Wildman–Crippen LogP) is 1.56. The van der Waals surface area contributed by atoms with Crippen LogP contribution in [-0.4, -0.2) is 32.5 Å². The second-order valence-corrected chi connectivity index (χ2v) is 5.21. The van der Waals surface area contributed by atoms with Crippen LogP contribution in [-0.2, 0) is 9.47 Å². The Hall–Kier alpha value is -0.120. The van der Waals surface area contributed by atoms with Crippen molar-refractivity contribution in [3.05, 3.63) is 0 Å². The van der Waals surface area contributed by atoms with E-state index in [4.69, 9.17) is 15.2 Å². The summed E-state index contributed by atoms with van der Waals surface area (Å²) in [4.78, 5) is 0. The molecule has 1 spiro atoms. The van der Waals surface area contributed by atoms with Gasteiger partial charge in [-0.1, -0.05) is 6.92 Å². The van der Waals surface area contributed by atoms with Crippen molar-refractivity contribution in [2.75, 3.05) is 26.4 Å². The molecule has 2 aliphatic heterocycles. The van der Waals surface area contributed by atoms with Gasteiger partial charge in [0.2, 0.25) is 0 Å². The first kappa shape index (κ1) is 11.4. The number of ether oxygens (including phenoxy) is 2. The van der Waals surface area contributed by atoms with E-state index in [0.29, 0.717) is 17.4 Å². The molecule has 2 N–H and O–H groups in total. The molecule has 0 saturated carbocycles. The highest BCUT2D eigenvalue weighted by Crippen LogP contribution is 2.40. The lowest BCUT2D eigenvalue weighted by atomic mass is 9.74. The van der Waals surface area contributed by atoms with Crippen molar-refractivity contribution in [3.8, 4) is 0 Å². The van der Waals surface area contributed by atoms with Crippen molar-refractivity contribution < 1.29 is 9.47 Å². The minimum atomic E-state index is 0.392. The molecular formula is C12H23NO2. The van der Waals surface area contributed by atoms with E-state index < -0.39 is 0 Å². The standard InChI is InChI=1S/C12H23NO2/c1-10(8-13)11-2-3-12(9-15-11)4-6-14-7-5-12/h10-11H,2-9,13H2,1H3/t10-,11?/m0/s1. The van der Waals surface area contributed by atoms with E-state index in [0.717, 1.165) is 26.4 Å². The average Bonchev–Trinajstić information content (AvgIpc) is 2.30. The minimum Gasteiger partial charge on any atom is -0.381 e. The molecule has 2 saturated heterocycles. The number of rotatable bonds is 2. The molecule has 0 amide bonds. The van der Waals surface area contributed by atoms with Gasteiger partial charge in [-0.25, -0.2) is 0 Å². The summed E-state index contributed by atoms with van der Waals surface area (Å²) in [6.45, 7) is 5.68. The Morgan fingerprint density at radius 3 is 2.60 bits per heavy atom. The minimum absolute atomic E-state index is 0.392. The van der Waals surface area contributed by atoms with Crippen LogP contribution in [0.2, 0.25) is 0 Å². The van der Waals surface area contributed by atoms with Crippen LogP contribution in [0.5, 0.6) is 0 Å². The maximum absolute atomic E-state index is 5.99. The summed E-state index contributed by atoms with van der Waals surface area (Å²) in [5.74, 6) is 0.502. The van der Waals surface area contributed by atoms with E-state index in [2.05, 4.69) is 6.92 Å². The molecule has 2 atom stereocenters. The third-order valence-corrected chi connectivity index (χ3v) is 4.12. The lowest BCUT2D eigenvalue weighted by Crippen LogP contribution is -2.43. The van der Waals surface area contributed by atoms with E-state index >= 15 is 0 Å². The van der Waals surface area contributed by atoms with Gasteiger partial charge in [0, 0.05) is 13.2 Å². The molecule has 2 aliphatic rings. The van der Waals surface area contributed by atoms with Crippen molar-refractivity contribution in [3.63, 3.8) is 0 Å². The third kappa shape index (κ3) is 2.52. The molecule has 3 nitrogen and oxygen atoms in total. The van der Waals surface area contributed by atoms with E-state index in [-0.39, 0.29) is 0 Å². The predicted molar refractivity (Wildman–Crippen MR) is 59.7 cm³/mol. The molecule has 0 aliphatic carbocycles. The number of hydrogen-bond donors (Lipinski definition) is 1. The fraction of sp³-hybridized carbons (Fsp3) is 1.00. The Morgan fingerprint density at radius 1 is 1.33 bits per heavy atom. The molecule has 2 fully saturated rings. The molecule has 1 unspecified atom stereocenters. The van der Waals surface area contributed by atoms with Gasteiger partial charge in [-0.05, 0) is 43.6 Å². The molecule has 0 aromatic carbocycles. The van der Waals surface area contributed by atoms with Gasteiger partial charge in [-0.15, -0.1) is 0 Å². The normalized spacial score (nSPS) is 32.8.